The molecular weight excluding hydrogens is 210 g/mol. The standard InChI is InChI=1S/C11H9NO4/c1-5-3-9-8(10(14)12-5)4-7(6(2)13)11(15)16-9/h3-4H,1-2H3,(H,12,14). The molecule has 0 unspecified atom stereocenters. The number of carbonyl (C=O) groups is 1. The van der Waals surface area contributed by atoms with Gasteiger partial charge in [-0.15, -0.1) is 0 Å². The van der Waals surface area contributed by atoms with Crippen LogP contribution in [0.5, 0.6) is 0 Å². The fourth-order valence-electron chi connectivity index (χ4n) is 1.49. The molecule has 2 heterocycles. The first-order chi connectivity index (χ1) is 7.49. The number of Topliss-reactive ketones (excluding diaryl/α,β-unsaturated/α-hetero) is 1. The summed E-state index contributed by atoms with van der Waals surface area (Å²) in [4.78, 5) is 36.6. The first-order valence-corrected chi connectivity index (χ1v) is 4.68. The van der Waals surface area contributed by atoms with E-state index < -0.39 is 11.4 Å². The Labute approximate surface area is 89.7 Å². The fraction of sp³-hybridized carbons (Fsp3) is 0.182. The van der Waals surface area contributed by atoms with E-state index in [1.807, 2.05) is 0 Å². The van der Waals surface area contributed by atoms with Crippen molar-refractivity contribution in [2.75, 3.05) is 0 Å². The van der Waals surface area contributed by atoms with Crippen molar-refractivity contribution in [2.24, 2.45) is 0 Å². The number of aromatic nitrogens is 1. The van der Waals surface area contributed by atoms with E-state index in [1.54, 1.807) is 13.0 Å². The van der Waals surface area contributed by atoms with Crippen molar-refractivity contribution < 1.29 is 9.21 Å². The van der Waals surface area contributed by atoms with Gasteiger partial charge in [0.1, 0.15) is 11.1 Å². The second-order valence-electron chi connectivity index (χ2n) is 3.56. The van der Waals surface area contributed by atoms with Crippen LogP contribution in [-0.2, 0) is 0 Å². The Morgan fingerprint density at radius 2 is 2.00 bits per heavy atom. The zero-order chi connectivity index (χ0) is 11.9. The molecule has 2 rings (SSSR count). The third-order valence-electron chi connectivity index (χ3n) is 2.26. The van der Waals surface area contributed by atoms with E-state index in [4.69, 9.17) is 4.42 Å². The van der Waals surface area contributed by atoms with Crippen LogP contribution in [0.3, 0.4) is 0 Å². The molecule has 0 aliphatic rings. The molecule has 2 aromatic rings. The topological polar surface area (TPSA) is 80.1 Å². The molecule has 16 heavy (non-hydrogen) atoms. The van der Waals surface area contributed by atoms with Crippen molar-refractivity contribution in [3.63, 3.8) is 0 Å². The molecule has 0 saturated heterocycles. The summed E-state index contributed by atoms with van der Waals surface area (Å²) in [6, 6.07) is 2.81. The van der Waals surface area contributed by atoms with Crippen LogP contribution in [0, 0.1) is 6.92 Å². The molecule has 0 fully saturated rings. The highest BCUT2D eigenvalue weighted by Crippen LogP contribution is 2.09. The number of nitrogens with one attached hydrogen (secondary N) is 1. The van der Waals surface area contributed by atoms with Gasteiger partial charge in [0.05, 0.1) is 5.39 Å². The van der Waals surface area contributed by atoms with E-state index >= 15 is 0 Å². The van der Waals surface area contributed by atoms with Gasteiger partial charge in [-0.2, -0.15) is 0 Å². The lowest BCUT2D eigenvalue weighted by molar-refractivity contribution is 0.101. The Balaban J connectivity index is 2.96. The highest BCUT2D eigenvalue weighted by atomic mass is 16.4. The first-order valence-electron chi connectivity index (χ1n) is 4.68. The average Bonchev–Trinajstić information content (AvgIpc) is 2.15. The molecule has 5 nitrogen and oxygen atoms in total. The van der Waals surface area contributed by atoms with Crippen LogP contribution in [-0.4, -0.2) is 10.8 Å². The Bertz CT molecular complexity index is 693. The Kier molecular flexibility index (Phi) is 2.23. The number of aryl methyl sites for hydroxylation is 1. The number of pyridine rings is 1. The smallest absolute Gasteiger partial charge is 0.347 e. The number of rotatable bonds is 1. The highest BCUT2D eigenvalue weighted by Gasteiger charge is 2.11. The van der Waals surface area contributed by atoms with Gasteiger partial charge in [0.25, 0.3) is 5.56 Å². The summed E-state index contributed by atoms with van der Waals surface area (Å²) in [5.41, 5.74) is -0.416. The SMILES string of the molecule is CC(=O)c1cc2c(=O)[nH]c(C)cc2oc1=O. The predicted molar refractivity (Wildman–Crippen MR) is 57.8 cm³/mol. The monoisotopic (exact) mass is 219 g/mol. The molecule has 0 radical (unpaired) electrons. The van der Waals surface area contributed by atoms with Gasteiger partial charge in [0.2, 0.25) is 0 Å². The number of carbonyl (C=O) groups excluding carboxylic acids is 1. The van der Waals surface area contributed by atoms with Crippen LogP contribution in [0.2, 0.25) is 0 Å². The summed E-state index contributed by atoms with van der Waals surface area (Å²) in [6.45, 7) is 2.93. The lowest BCUT2D eigenvalue weighted by Gasteiger charge is -1.99. The molecule has 0 atom stereocenters. The molecule has 2 aromatic heterocycles. The first kappa shape index (κ1) is 10.4. The average molecular weight is 219 g/mol. The van der Waals surface area contributed by atoms with E-state index in [2.05, 4.69) is 4.98 Å². The molecule has 0 bridgehead atoms. The van der Waals surface area contributed by atoms with E-state index in [-0.39, 0.29) is 22.1 Å². The molecule has 0 aromatic carbocycles. The van der Waals surface area contributed by atoms with Crippen molar-refractivity contribution in [2.45, 2.75) is 13.8 Å². The van der Waals surface area contributed by atoms with Gasteiger partial charge in [-0.05, 0) is 19.9 Å². The normalized spacial score (nSPS) is 10.6. The van der Waals surface area contributed by atoms with Crippen LogP contribution < -0.4 is 11.2 Å². The molecular formula is C11H9NO4. The van der Waals surface area contributed by atoms with Crippen LogP contribution in [0.15, 0.2) is 26.1 Å². The van der Waals surface area contributed by atoms with Gasteiger partial charge < -0.3 is 9.40 Å². The van der Waals surface area contributed by atoms with Crippen molar-refractivity contribution >= 4 is 16.8 Å². The van der Waals surface area contributed by atoms with Gasteiger partial charge in [-0.3, -0.25) is 9.59 Å². The number of aromatic amines is 1. The third-order valence-corrected chi connectivity index (χ3v) is 2.26. The van der Waals surface area contributed by atoms with E-state index in [1.165, 1.54) is 13.0 Å². The molecule has 0 amide bonds. The molecule has 0 saturated carbocycles. The maximum Gasteiger partial charge on any atom is 0.347 e. The predicted octanol–water partition coefficient (Wildman–Crippen LogP) is 0.992. The van der Waals surface area contributed by atoms with Crippen molar-refractivity contribution in [3.05, 3.63) is 44.2 Å². The fourth-order valence-corrected chi connectivity index (χ4v) is 1.49. The van der Waals surface area contributed by atoms with E-state index in [9.17, 15) is 14.4 Å². The zero-order valence-corrected chi connectivity index (χ0v) is 8.79. The minimum atomic E-state index is -0.718. The van der Waals surface area contributed by atoms with Crippen LogP contribution in [0.4, 0.5) is 0 Å². The van der Waals surface area contributed by atoms with E-state index in [0.29, 0.717) is 5.69 Å². The van der Waals surface area contributed by atoms with Gasteiger partial charge in [0, 0.05) is 11.8 Å². The number of H-pyrrole nitrogens is 1. The summed E-state index contributed by atoms with van der Waals surface area (Å²) < 4.78 is 4.92. The largest absolute Gasteiger partial charge is 0.422 e. The molecule has 0 aliphatic heterocycles. The van der Waals surface area contributed by atoms with Gasteiger partial charge in [-0.1, -0.05) is 0 Å². The second-order valence-corrected chi connectivity index (χ2v) is 3.56. The van der Waals surface area contributed by atoms with Crippen LogP contribution >= 0.6 is 0 Å². The zero-order valence-electron chi connectivity index (χ0n) is 8.79. The molecule has 82 valence electrons. The Morgan fingerprint density at radius 3 is 2.62 bits per heavy atom. The highest BCUT2D eigenvalue weighted by molar-refractivity contribution is 5.96. The number of fused-ring (bicyclic) bond motifs is 1. The Morgan fingerprint density at radius 1 is 1.31 bits per heavy atom. The number of ketones is 1. The van der Waals surface area contributed by atoms with Gasteiger partial charge >= 0.3 is 5.63 Å². The molecule has 0 spiro atoms. The summed E-state index contributed by atoms with van der Waals surface area (Å²) in [5, 5.41) is 0.204. The van der Waals surface area contributed by atoms with Crippen molar-refractivity contribution in [3.8, 4) is 0 Å². The molecule has 0 aliphatic carbocycles. The van der Waals surface area contributed by atoms with Crippen LogP contribution in [0.25, 0.3) is 11.0 Å². The third kappa shape index (κ3) is 1.56. The summed E-state index contributed by atoms with van der Waals surface area (Å²) >= 11 is 0. The summed E-state index contributed by atoms with van der Waals surface area (Å²) in [7, 11) is 0. The lowest BCUT2D eigenvalue weighted by Crippen LogP contribution is -2.15. The quantitative estimate of drug-likeness (QED) is 0.725. The number of hydrogen-bond donors (Lipinski definition) is 1. The minimum absolute atomic E-state index is 0.109. The van der Waals surface area contributed by atoms with Crippen molar-refractivity contribution in [1.29, 1.82) is 0 Å². The number of hydrogen-bond acceptors (Lipinski definition) is 4. The van der Waals surface area contributed by atoms with Gasteiger partial charge in [-0.25, -0.2) is 4.79 Å². The second kappa shape index (κ2) is 3.44. The van der Waals surface area contributed by atoms with Crippen molar-refractivity contribution in [1.82, 2.24) is 4.98 Å². The van der Waals surface area contributed by atoms with E-state index in [0.717, 1.165) is 0 Å². The maximum absolute atomic E-state index is 11.6. The minimum Gasteiger partial charge on any atom is -0.422 e. The summed E-state index contributed by atoms with van der Waals surface area (Å²) in [6.07, 6.45) is 0. The molecule has 5 heteroatoms. The lowest BCUT2D eigenvalue weighted by atomic mass is 10.1. The Hall–Kier alpha value is -2.17. The summed E-state index contributed by atoms with van der Waals surface area (Å²) in [5.74, 6) is -0.421. The maximum atomic E-state index is 11.6. The molecule has 1 N–H and O–H groups in total. The van der Waals surface area contributed by atoms with Crippen LogP contribution in [0.1, 0.15) is 23.0 Å². The van der Waals surface area contributed by atoms with Gasteiger partial charge in [0.15, 0.2) is 5.78 Å².